The van der Waals surface area contributed by atoms with Crippen LogP contribution in [0.25, 0.3) is 0 Å². The lowest BCUT2D eigenvalue weighted by molar-refractivity contribution is -0.143. The van der Waals surface area contributed by atoms with Gasteiger partial charge >= 0.3 is 12.4 Å². The lowest BCUT2D eigenvalue weighted by Gasteiger charge is -2.34. The standard InChI is InChI=1S/C22H21F7N2O/c1-31(12-13-8-15(21(24,25)26)10-16(9-13)22(27,28)29)20(32)18-6-7-30-11-19(18)14-2-4-17(23)5-3-14/h2-5,8-10,18-19,30H,6-7,11-12H2,1H3. The van der Waals surface area contributed by atoms with E-state index in [1.165, 1.54) is 19.2 Å². The summed E-state index contributed by atoms with van der Waals surface area (Å²) in [6.45, 7) is 0.563. The Labute approximate surface area is 180 Å². The number of alkyl halides is 6. The first-order valence-electron chi connectivity index (χ1n) is 9.86. The van der Waals surface area contributed by atoms with Crippen LogP contribution in [0.1, 0.15) is 34.6 Å². The van der Waals surface area contributed by atoms with E-state index in [1.807, 2.05) is 0 Å². The van der Waals surface area contributed by atoms with E-state index in [1.54, 1.807) is 12.1 Å². The van der Waals surface area contributed by atoms with E-state index in [0.29, 0.717) is 31.6 Å². The SMILES string of the molecule is CN(Cc1cc(C(F)(F)F)cc(C(F)(F)F)c1)C(=O)C1CCNCC1c1ccc(F)cc1. The molecule has 32 heavy (non-hydrogen) atoms. The fourth-order valence-electron chi connectivity index (χ4n) is 3.96. The van der Waals surface area contributed by atoms with Gasteiger partial charge in [0.15, 0.2) is 0 Å². The summed E-state index contributed by atoms with van der Waals surface area (Å²) in [7, 11) is 1.35. The summed E-state index contributed by atoms with van der Waals surface area (Å²) >= 11 is 0. The van der Waals surface area contributed by atoms with Crippen LogP contribution in [-0.4, -0.2) is 30.9 Å². The van der Waals surface area contributed by atoms with Crippen molar-refractivity contribution in [3.05, 3.63) is 70.5 Å². The van der Waals surface area contributed by atoms with Crippen molar-refractivity contribution >= 4 is 5.91 Å². The number of amides is 1. The molecule has 0 aromatic heterocycles. The average Bonchev–Trinajstić information content (AvgIpc) is 2.72. The second-order valence-corrected chi connectivity index (χ2v) is 7.87. The zero-order valence-electron chi connectivity index (χ0n) is 17.0. The zero-order chi connectivity index (χ0) is 23.7. The van der Waals surface area contributed by atoms with Crippen LogP contribution < -0.4 is 5.32 Å². The van der Waals surface area contributed by atoms with Gasteiger partial charge in [-0.15, -0.1) is 0 Å². The van der Waals surface area contributed by atoms with Crippen LogP contribution in [0.5, 0.6) is 0 Å². The highest BCUT2D eigenvalue weighted by atomic mass is 19.4. The molecular formula is C22H21F7N2O. The van der Waals surface area contributed by atoms with Crippen molar-refractivity contribution in [2.75, 3.05) is 20.1 Å². The molecule has 0 radical (unpaired) electrons. The van der Waals surface area contributed by atoms with Gasteiger partial charge in [0.05, 0.1) is 11.1 Å². The van der Waals surface area contributed by atoms with Crippen LogP contribution >= 0.6 is 0 Å². The Morgan fingerprint density at radius 2 is 1.56 bits per heavy atom. The first-order valence-corrected chi connectivity index (χ1v) is 9.86. The predicted molar refractivity (Wildman–Crippen MR) is 103 cm³/mol. The van der Waals surface area contributed by atoms with Gasteiger partial charge < -0.3 is 10.2 Å². The monoisotopic (exact) mass is 462 g/mol. The van der Waals surface area contributed by atoms with Crippen LogP contribution in [0, 0.1) is 11.7 Å². The van der Waals surface area contributed by atoms with Crippen LogP contribution in [0.3, 0.4) is 0 Å². The minimum atomic E-state index is -4.96. The zero-order valence-corrected chi connectivity index (χ0v) is 17.0. The van der Waals surface area contributed by atoms with Gasteiger partial charge in [-0.05, 0) is 54.4 Å². The number of benzene rings is 2. The summed E-state index contributed by atoms with van der Waals surface area (Å²) in [6.07, 6.45) is -9.48. The summed E-state index contributed by atoms with van der Waals surface area (Å²) in [4.78, 5) is 14.2. The minimum absolute atomic E-state index is 0.0582. The molecule has 2 atom stereocenters. The number of hydrogen-bond donors (Lipinski definition) is 1. The number of hydrogen-bond acceptors (Lipinski definition) is 2. The molecule has 2 aromatic rings. The highest BCUT2D eigenvalue weighted by Gasteiger charge is 2.38. The van der Waals surface area contributed by atoms with Crippen molar-refractivity contribution < 1.29 is 35.5 Å². The van der Waals surface area contributed by atoms with Gasteiger partial charge in [-0.2, -0.15) is 26.3 Å². The van der Waals surface area contributed by atoms with Crippen molar-refractivity contribution in [1.82, 2.24) is 10.2 Å². The molecule has 1 amide bonds. The number of halogens is 7. The maximum Gasteiger partial charge on any atom is 0.416 e. The molecule has 1 fully saturated rings. The fourth-order valence-corrected chi connectivity index (χ4v) is 3.96. The van der Waals surface area contributed by atoms with Crippen molar-refractivity contribution in [1.29, 1.82) is 0 Å². The topological polar surface area (TPSA) is 32.3 Å². The molecule has 3 rings (SSSR count). The van der Waals surface area contributed by atoms with Crippen LogP contribution in [0.2, 0.25) is 0 Å². The predicted octanol–water partition coefficient (Wildman–Crippen LogP) is 5.22. The summed E-state index contributed by atoms with van der Waals surface area (Å²) < 4.78 is 91.9. The summed E-state index contributed by atoms with van der Waals surface area (Å²) in [6, 6.07) is 6.98. The molecule has 0 bridgehead atoms. The molecule has 1 aliphatic rings. The molecule has 0 saturated carbocycles. The quantitative estimate of drug-likeness (QED) is 0.633. The molecule has 2 unspecified atom stereocenters. The van der Waals surface area contributed by atoms with E-state index in [0.717, 1.165) is 10.5 Å². The molecule has 1 N–H and O–H groups in total. The number of carbonyl (C=O) groups is 1. The van der Waals surface area contributed by atoms with Gasteiger partial charge in [0.1, 0.15) is 5.82 Å². The van der Waals surface area contributed by atoms with Gasteiger partial charge in [-0.1, -0.05) is 12.1 Å². The van der Waals surface area contributed by atoms with Crippen molar-refractivity contribution in [2.24, 2.45) is 5.92 Å². The van der Waals surface area contributed by atoms with E-state index >= 15 is 0 Å². The van der Waals surface area contributed by atoms with Crippen LogP contribution in [0.15, 0.2) is 42.5 Å². The first kappa shape index (κ1) is 24.0. The lowest BCUT2D eigenvalue weighted by Crippen LogP contribution is -2.43. The van der Waals surface area contributed by atoms with Crippen LogP contribution in [-0.2, 0) is 23.7 Å². The second kappa shape index (κ2) is 9.09. The maximum absolute atomic E-state index is 13.3. The van der Waals surface area contributed by atoms with E-state index in [2.05, 4.69) is 5.32 Å². The van der Waals surface area contributed by atoms with E-state index in [4.69, 9.17) is 0 Å². The Kier molecular flexibility index (Phi) is 6.83. The number of carbonyl (C=O) groups excluding carboxylic acids is 1. The molecule has 10 heteroatoms. The molecule has 174 valence electrons. The van der Waals surface area contributed by atoms with Gasteiger partial charge in [-0.25, -0.2) is 4.39 Å². The molecule has 1 heterocycles. The Balaban J connectivity index is 1.84. The Bertz CT molecular complexity index is 922. The van der Waals surface area contributed by atoms with Crippen LogP contribution in [0.4, 0.5) is 30.7 Å². The molecule has 2 aromatic carbocycles. The first-order chi connectivity index (χ1) is 14.9. The number of nitrogens with one attached hydrogen (secondary N) is 1. The van der Waals surface area contributed by atoms with Gasteiger partial charge in [0.25, 0.3) is 0 Å². The Morgan fingerprint density at radius 3 is 2.09 bits per heavy atom. The lowest BCUT2D eigenvalue weighted by atomic mass is 9.80. The molecule has 1 saturated heterocycles. The van der Waals surface area contributed by atoms with Crippen molar-refractivity contribution in [2.45, 2.75) is 31.2 Å². The third kappa shape index (κ3) is 5.59. The molecule has 3 nitrogen and oxygen atoms in total. The number of piperidine rings is 1. The highest BCUT2D eigenvalue weighted by Crippen LogP contribution is 2.37. The number of nitrogens with zero attached hydrogens (tertiary/aromatic N) is 1. The number of rotatable bonds is 4. The summed E-state index contributed by atoms with van der Waals surface area (Å²) in [5.74, 6) is -1.67. The van der Waals surface area contributed by atoms with E-state index < -0.39 is 47.7 Å². The largest absolute Gasteiger partial charge is 0.416 e. The maximum atomic E-state index is 13.3. The smallest absolute Gasteiger partial charge is 0.341 e. The third-order valence-corrected chi connectivity index (χ3v) is 5.54. The van der Waals surface area contributed by atoms with Crippen molar-refractivity contribution in [3.8, 4) is 0 Å². The van der Waals surface area contributed by atoms with Gasteiger partial charge in [0.2, 0.25) is 5.91 Å². The normalized spacial score (nSPS) is 19.6. The summed E-state index contributed by atoms with van der Waals surface area (Å²) in [5.41, 5.74) is -2.39. The molecule has 1 aliphatic heterocycles. The molecular weight excluding hydrogens is 441 g/mol. The Hall–Kier alpha value is -2.62. The molecule has 0 aliphatic carbocycles. The second-order valence-electron chi connectivity index (χ2n) is 7.87. The highest BCUT2D eigenvalue weighted by molar-refractivity contribution is 5.80. The van der Waals surface area contributed by atoms with E-state index in [9.17, 15) is 35.5 Å². The van der Waals surface area contributed by atoms with Gasteiger partial charge in [-0.3, -0.25) is 4.79 Å². The van der Waals surface area contributed by atoms with Gasteiger partial charge in [0, 0.05) is 32.0 Å². The van der Waals surface area contributed by atoms with Crippen molar-refractivity contribution in [3.63, 3.8) is 0 Å². The molecule has 0 spiro atoms. The minimum Gasteiger partial charge on any atom is -0.341 e. The Morgan fingerprint density at radius 1 is 1.00 bits per heavy atom. The average molecular weight is 462 g/mol. The summed E-state index contributed by atoms with van der Waals surface area (Å²) in [5, 5.41) is 3.16. The fraction of sp³-hybridized carbons (Fsp3) is 0.409. The third-order valence-electron chi connectivity index (χ3n) is 5.54. The van der Waals surface area contributed by atoms with E-state index in [-0.39, 0.29) is 17.5 Å².